The van der Waals surface area contributed by atoms with E-state index in [1.165, 1.54) is 4.90 Å². The van der Waals surface area contributed by atoms with Gasteiger partial charge < -0.3 is 4.90 Å². The van der Waals surface area contributed by atoms with Crippen molar-refractivity contribution in [2.24, 2.45) is 0 Å². The van der Waals surface area contributed by atoms with Gasteiger partial charge in [0.05, 0.1) is 5.75 Å². The van der Waals surface area contributed by atoms with Gasteiger partial charge in [0.2, 0.25) is 5.95 Å². The third kappa shape index (κ3) is 4.05. The molecule has 0 saturated heterocycles. The third-order valence-electron chi connectivity index (χ3n) is 1.85. The summed E-state index contributed by atoms with van der Waals surface area (Å²) >= 11 is 0. The Morgan fingerprint density at radius 2 is 1.94 bits per heavy atom. The second-order valence-electron chi connectivity index (χ2n) is 3.50. The molecular formula is C8H13FN4O2S. The Morgan fingerprint density at radius 1 is 1.31 bits per heavy atom. The molecule has 0 unspecified atom stereocenters. The maximum Gasteiger partial charge on any atom is 0.313 e. The van der Waals surface area contributed by atoms with Crippen LogP contribution in [0, 0.1) is 13.0 Å². The number of nitrogens with zero attached hydrogens (tertiary/aromatic N) is 4. The molecular weight excluding hydrogens is 235 g/mol. The summed E-state index contributed by atoms with van der Waals surface area (Å²) in [7, 11) is -1.46. The normalized spacial score (nSPS) is 11.5. The molecule has 0 bridgehead atoms. The molecule has 0 N–H and O–H groups in total. The summed E-state index contributed by atoms with van der Waals surface area (Å²) in [6.45, 7) is 1.75. The lowest BCUT2D eigenvalue weighted by Crippen LogP contribution is -2.27. The summed E-state index contributed by atoms with van der Waals surface area (Å²) in [4.78, 5) is 12.2. The lowest BCUT2D eigenvalue weighted by atomic mass is 10.6. The third-order valence-corrected chi connectivity index (χ3v) is 2.77. The second kappa shape index (κ2) is 4.69. The molecule has 16 heavy (non-hydrogen) atoms. The highest BCUT2D eigenvalue weighted by Gasteiger charge is 2.10. The SMILES string of the molecule is Cc1nc(F)nc(N(C)CCS(C)(=O)=O)n1. The smallest absolute Gasteiger partial charge is 0.313 e. The number of aromatic nitrogens is 3. The van der Waals surface area contributed by atoms with E-state index >= 15 is 0 Å². The van der Waals surface area contributed by atoms with E-state index in [0.29, 0.717) is 0 Å². The summed E-state index contributed by atoms with van der Waals surface area (Å²) in [5.41, 5.74) is 0. The van der Waals surface area contributed by atoms with Gasteiger partial charge in [-0.25, -0.2) is 8.42 Å². The fraction of sp³-hybridized carbons (Fsp3) is 0.625. The van der Waals surface area contributed by atoms with Gasteiger partial charge in [-0.3, -0.25) is 0 Å². The van der Waals surface area contributed by atoms with Crippen molar-refractivity contribution in [1.82, 2.24) is 15.0 Å². The van der Waals surface area contributed by atoms with Crippen LogP contribution in [0.1, 0.15) is 5.82 Å². The van der Waals surface area contributed by atoms with Crippen LogP contribution in [0.3, 0.4) is 0 Å². The summed E-state index contributed by atoms with van der Waals surface area (Å²) in [5, 5.41) is 0. The maximum absolute atomic E-state index is 12.9. The Hall–Kier alpha value is -1.31. The van der Waals surface area contributed by atoms with E-state index in [1.807, 2.05) is 0 Å². The average molecular weight is 248 g/mol. The first kappa shape index (κ1) is 12.8. The highest BCUT2D eigenvalue weighted by Crippen LogP contribution is 2.05. The minimum absolute atomic E-state index is 0.0319. The number of halogens is 1. The molecule has 1 heterocycles. The van der Waals surface area contributed by atoms with Crippen molar-refractivity contribution in [2.45, 2.75) is 6.92 Å². The van der Waals surface area contributed by atoms with E-state index in [2.05, 4.69) is 15.0 Å². The number of sulfone groups is 1. The molecule has 0 aliphatic carbocycles. The molecule has 0 aliphatic rings. The fourth-order valence-corrected chi connectivity index (χ4v) is 1.61. The largest absolute Gasteiger partial charge is 0.343 e. The van der Waals surface area contributed by atoms with Gasteiger partial charge >= 0.3 is 6.08 Å². The molecule has 0 aromatic carbocycles. The average Bonchev–Trinajstić information content (AvgIpc) is 2.11. The number of hydrogen-bond acceptors (Lipinski definition) is 6. The Balaban J connectivity index is 2.76. The predicted molar refractivity (Wildman–Crippen MR) is 57.5 cm³/mol. The van der Waals surface area contributed by atoms with Crippen LogP contribution in [0.25, 0.3) is 0 Å². The van der Waals surface area contributed by atoms with E-state index in [9.17, 15) is 12.8 Å². The van der Waals surface area contributed by atoms with Crippen molar-refractivity contribution in [3.8, 4) is 0 Å². The van der Waals surface area contributed by atoms with E-state index < -0.39 is 15.9 Å². The van der Waals surface area contributed by atoms with Crippen LogP contribution in [0.5, 0.6) is 0 Å². The highest BCUT2D eigenvalue weighted by molar-refractivity contribution is 7.90. The Morgan fingerprint density at radius 3 is 2.44 bits per heavy atom. The number of rotatable bonds is 4. The minimum Gasteiger partial charge on any atom is -0.343 e. The van der Waals surface area contributed by atoms with Gasteiger partial charge in [-0.2, -0.15) is 19.3 Å². The van der Waals surface area contributed by atoms with Crippen molar-refractivity contribution < 1.29 is 12.8 Å². The molecule has 0 saturated carbocycles. The Bertz CT molecular complexity index is 457. The summed E-state index contributed by atoms with van der Waals surface area (Å²) in [6.07, 6.45) is 0.272. The molecule has 8 heteroatoms. The van der Waals surface area contributed by atoms with Crippen LogP contribution in [0.15, 0.2) is 0 Å². The summed E-state index contributed by atoms with van der Waals surface area (Å²) < 4.78 is 34.7. The van der Waals surface area contributed by atoms with Gasteiger partial charge in [0, 0.05) is 19.8 Å². The van der Waals surface area contributed by atoms with Crippen LogP contribution in [-0.2, 0) is 9.84 Å². The van der Waals surface area contributed by atoms with Crippen molar-refractivity contribution in [1.29, 1.82) is 0 Å². The maximum atomic E-state index is 12.9. The molecule has 1 aromatic heterocycles. The Kier molecular flexibility index (Phi) is 3.74. The molecule has 0 aliphatic heterocycles. The highest BCUT2D eigenvalue weighted by atomic mass is 32.2. The van der Waals surface area contributed by atoms with Gasteiger partial charge in [-0.05, 0) is 6.92 Å². The minimum atomic E-state index is -3.05. The van der Waals surface area contributed by atoms with Gasteiger partial charge in [0.25, 0.3) is 0 Å². The number of hydrogen-bond donors (Lipinski definition) is 0. The molecule has 0 amide bonds. The predicted octanol–water partition coefficient (Wildman–Crippen LogP) is -0.200. The lowest BCUT2D eigenvalue weighted by Gasteiger charge is -2.15. The van der Waals surface area contributed by atoms with Crippen molar-refractivity contribution in [3.05, 3.63) is 11.9 Å². The standard InChI is InChI=1S/C8H13FN4O2S/c1-6-10-7(9)12-8(11-6)13(2)4-5-16(3,14)15/h4-5H2,1-3H3. The first-order valence-corrected chi connectivity index (χ1v) is 6.61. The Labute approximate surface area is 93.5 Å². The quantitative estimate of drug-likeness (QED) is 0.734. The van der Waals surface area contributed by atoms with Crippen LogP contribution in [-0.4, -0.2) is 49.0 Å². The van der Waals surface area contributed by atoms with Crippen LogP contribution in [0.2, 0.25) is 0 Å². The van der Waals surface area contributed by atoms with Crippen molar-refractivity contribution in [2.75, 3.05) is 30.5 Å². The molecule has 90 valence electrons. The van der Waals surface area contributed by atoms with Gasteiger partial charge in [-0.1, -0.05) is 0 Å². The van der Waals surface area contributed by atoms with Gasteiger partial charge in [-0.15, -0.1) is 0 Å². The summed E-state index contributed by atoms with van der Waals surface area (Å²) in [5.74, 6) is 0.359. The van der Waals surface area contributed by atoms with E-state index in [-0.39, 0.29) is 24.1 Å². The molecule has 0 radical (unpaired) electrons. The zero-order chi connectivity index (χ0) is 12.3. The molecule has 0 spiro atoms. The van der Waals surface area contributed by atoms with Crippen LogP contribution >= 0.6 is 0 Å². The van der Waals surface area contributed by atoms with E-state index in [0.717, 1.165) is 6.26 Å². The van der Waals surface area contributed by atoms with Gasteiger partial charge in [0.1, 0.15) is 15.7 Å². The molecule has 6 nitrogen and oxygen atoms in total. The number of anilines is 1. The van der Waals surface area contributed by atoms with Crippen LogP contribution in [0.4, 0.5) is 10.3 Å². The lowest BCUT2D eigenvalue weighted by molar-refractivity contribution is 0.526. The van der Waals surface area contributed by atoms with Crippen LogP contribution < -0.4 is 4.90 Å². The second-order valence-corrected chi connectivity index (χ2v) is 5.76. The molecule has 0 atom stereocenters. The molecule has 1 aromatic rings. The first-order valence-electron chi connectivity index (χ1n) is 4.55. The molecule has 1 rings (SSSR count). The van der Waals surface area contributed by atoms with E-state index in [1.54, 1.807) is 14.0 Å². The monoisotopic (exact) mass is 248 g/mol. The van der Waals surface area contributed by atoms with Gasteiger partial charge in [0.15, 0.2) is 0 Å². The zero-order valence-electron chi connectivity index (χ0n) is 9.31. The van der Waals surface area contributed by atoms with E-state index in [4.69, 9.17) is 0 Å². The first-order chi connectivity index (χ1) is 7.28. The summed E-state index contributed by atoms with van der Waals surface area (Å²) in [6, 6.07) is 0. The molecule has 0 fully saturated rings. The topological polar surface area (TPSA) is 76.1 Å². The number of aryl methyl sites for hydroxylation is 1. The fourth-order valence-electron chi connectivity index (χ4n) is 1.01. The van der Waals surface area contributed by atoms with Crippen molar-refractivity contribution in [3.63, 3.8) is 0 Å². The zero-order valence-corrected chi connectivity index (χ0v) is 10.1. The van der Waals surface area contributed by atoms with Crippen molar-refractivity contribution >= 4 is 15.8 Å².